The Morgan fingerprint density at radius 3 is 2.79 bits per heavy atom. The molecule has 1 amide bonds. The van der Waals surface area contributed by atoms with Crippen molar-refractivity contribution in [2.75, 3.05) is 18.4 Å². The van der Waals surface area contributed by atoms with Crippen molar-refractivity contribution in [1.82, 2.24) is 14.5 Å². The molecule has 1 aromatic carbocycles. The molecule has 1 saturated heterocycles. The molecule has 1 fully saturated rings. The summed E-state index contributed by atoms with van der Waals surface area (Å²) in [5.74, 6) is 1.28. The number of piperidine rings is 1. The second kappa shape index (κ2) is 9.62. The van der Waals surface area contributed by atoms with Crippen molar-refractivity contribution in [1.29, 1.82) is 0 Å². The highest BCUT2D eigenvalue weighted by Crippen LogP contribution is 2.35. The van der Waals surface area contributed by atoms with E-state index >= 15 is 0 Å². The van der Waals surface area contributed by atoms with Crippen LogP contribution in [0.2, 0.25) is 0 Å². The zero-order valence-corrected chi connectivity index (χ0v) is 21.3. The number of aromatic nitrogens is 2. The van der Waals surface area contributed by atoms with E-state index in [-0.39, 0.29) is 18.0 Å². The first-order valence-corrected chi connectivity index (χ1v) is 13.4. The average Bonchev–Trinajstić information content (AvgIpc) is 3.40. The number of aryl methyl sites for hydroxylation is 4. The lowest BCUT2D eigenvalue weighted by Gasteiger charge is -2.30. The predicted molar refractivity (Wildman–Crippen MR) is 139 cm³/mol. The van der Waals surface area contributed by atoms with E-state index in [0.717, 1.165) is 90.1 Å². The van der Waals surface area contributed by atoms with Gasteiger partial charge in [-0.2, -0.15) is 0 Å². The fraction of sp³-hybridized carbons (Fsp3) is 0.519. The minimum atomic E-state index is -0.173. The molecule has 7 heteroatoms. The molecule has 0 atom stereocenters. The Hall–Kier alpha value is -2.51. The summed E-state index contributed by atoms with van der Waals surface area (Å²) >= 11 is 1.67. The Kier molecular flexibility index (Phi) is 6.58. The van der Waals surface area contributed by atoms with Gasteiger partial charge in [-0.25, -0.2) is 4.98 Å². The molecule has 2 aromatic heterocycles. The molecule has 3 heterocycles. The number of hydrogen-bond acceptors (Lipinski definition) is 5. The number of amides is 1. The fourth-order valence-electron chi connectivity index (χ4n) is 5.35. The summed E-state index contributed by atoms with van der Waals surface area (Å²) in [7, 11) is 0. The molecule has 1 N–H and O–H groups in total. The number of nitrogens with zero attached hydrogens (tertiary/aromatic N) is 3. The van der Waals surface area contributed by atoms with E-state index in [2.05, 4.69) is 24.1 Å². The zero-order chi connectivity index (χ0) is 23.8. The normalized spacial score (nSPS) is 16.8. The maximum Gasteiger partial charge on any atom is 0.263 e. The van der Waals surface area contributed by atoms with E-state index in [9.17, 15) is 9.59 Å². The lowest BCUT2D eigenvalue weighted by Crippen LogP contribution is -2.37. The first-order valence-electron chi connectivity index (χ1n) is 12.6. The van der Waals surface area contributed by atoms with Crippen molar-refractivity contribution in [2.24, 2.45) is 5.92 Å². The minimum absolute atomic E-state index is 0.0105. The highest BCUT2D eigenvalue weighted by Gasteiger charge is 2.25. The summed E-state index contributed by atoms with van der Waals surface area (Å²) in [6.07, 6.45) is 6.22. The lowest BCUT2D eigenvalue weighted by molar-refractivity contribution is -0.116. The highest BCUT2D eigenvalue weighted by atomic mass is 32.1. The molecule has 5 rings (SSSR count). The van der Waals surface area contributed by atoms with Gasteiger partial charge in [-0.15, -0.1) is 11.3 Å². The van der Waals surface area contributed by atoms with Crippen LogP contribution in [0.15, 0.2) is 23.0 Å². The first-order chi connectivity index (χ1) is 16.4. The van der Waals surface area contributed by atoms with Gasteiger partial charge in [-0.1, -0.05) is 32.0 Å². The number of fused-ring (bicyclic) bond motifs is 3. The van der Waals surface area contributed by atoms with Crippen LogP contribution in [0.1, 0.15) is 60.5 Å². The molecule has 0 saturated carbocycles. The van der Waals surface area contributed by atoms with Gasteiger partial charge in [0.1, 0.15) is 17.2 Å². The maximum atomic E-state index is 13.8. The van der Waals surface area contributed by atoms with Crippen LogP contribution in [0.25, 0.3) is 10.2 Å². The highest BCUT2D eigenvalue weighted by molar-refractivity contribution is 7.18. The van der Waals surface area contributed by atoms with Crippen LogP contribution < -0.4 is 10.9 Å². The van der Waals surface area contributed by atoms with Gasteiger partial charge in [-0.3, -0.25) is 19.1 Å². The molecule has 0 bridgehead atoms. The number of carbonyl (C=O) groups is 1. The second-order valence-electron chi connectivity index (χ2n) is 9.93. The van der Waals surface area contributed by atoms with Crippen LogP contribution in [0, 0.1) is 12.8 Å². The van der Waals surface area contributed by atoms with Gasteiger partial charge < -0.3 is 5.32 Å². The molecule has 3 aromatic rings. The SMILES string of the molecule is CCc1cccc(C)c1NC(=O)Cn1c(CN2CCC(C)CC2)nc2sc3c(c2c1=O)CCC3. The smallest absolute Gasteiger partial charge is 0.263 e. The van der Waals surface area contributed by atoms with Gasteiger partial charge in [0.05, 0.1) is 11.9 Å². The second-order valence-corrected chi connectivity index (χ2v) is 11.0. The third-order valence-corrected chi connectivity index (χ3v) is 8.64. The monoisotopic (exact) mass is 478 g/mol. The molecule has 1 aliphatic carbocycles. The summed E-state index contributed by atoms with van der Waals surface area (Å²) in [5.41, 5.74) is 4.11. The van der Waals surface area contributed by atoms with Gasteiger partial charge in [0, 0.05) is 10.6 Å². The van der Waals surface area contributed by atoms with Gasteiger partial charge in [0.2, 0.25) is 5.91 Å². The van der Waals surface area contributed by atoms with Crippen LogP contribution in [0.3, 0.4) is 0 Å². The van der Waals surface area contributed by atoms with Gasteiger partial charge in [-0.05, 0) is 81.1 Å². The minimum Gasteiger partial charge on any atom is -0.324 e. The number of nitrogens with one attached hydrogen (secondary N) is 1. The number of likely N-dealkylation sites (tertiary alicyclic amines) is 1. The fourth-order valence-corrected chi connectivity index (χ4v) is 6.62. The van der Waals surface area contributed by atoms with Crippen molar-refractivity contribution in [3.8, 4) is 0 Å². The van der Waals surface area contributed by atoms with Crippen molar-refractivity contribution < 1.29 is 4.79 Å². The number of rotatable bonds is 6. The molecule has 0 spiro atoms. The van der Waals surface area contributed by atoms with Crippen LogP contribution in [0.5, 0.6) is 0 Å². The Morgan fingerprint density at radius 2 is 2.03 bits per heavy atom. The Bertz CT molecular complexity index is 1280. The van der Waals surface area contributed by atoms with E-state index in [1.165, 1.54) is 4.88 Å². The van der Waals surface area contributed by atoms with Gasteiger partial charge in [0.25, 0.3) is 5.56 Å². The number of benzene rings is 1. The van der Waals surface area contributed by atoms with Crippen LogP contribution in [-0.2, 0) is 37.1 Å². The van der Waals surface area contributed by atoms with Crippen LogP contribution in [-0.4, -0.2) is 33.4 Å². The summed E-state index contributed by atoms with van der Waals surface area (Å²) in [4.78, 5) is 36.5. The summed E-state index contributed by atoms with van der Waals surface area (Å²) in [6, 6.07) is 6.06. The molecule has 1 aliphatic heterocycles. The number of para-hydroxylation sites is 1. The lowest BCUT2D eigenvalue weighted by atomic mass is 9.99. The van der Waals surface area contributed by atoms with Crippen molar-refractivity contribution >= 4 is 33.1 Å². The standard InChI is InChI=1S/C27H34N4O2S/c1-4-19-8-5-7-18(3)25(19)29-23(32)16-31-22(15-30-13-11-17(2)12-14-30)28-26-24(27(31)33)20-9-6-10-21(20)34-26/h5,7-8,17H,4,6,9-16H2,1-3H3,(H,29,32). The molecule has 34 heavy (non-hydrogen) atoms. The first kappa shape index (κ1) is 23.2. The third-order valence-electron chi connectivity index (χ3n) is 7.45. The van der Waals surface area contributed by atoms with Crippen LogP contribution in [0.4, 0.5) is 5.69 Å². The largest absolute Gasteiger partial charge is 0.324 e. The molecule has 6 nitrogen and oxygen atoms in total. The summed E-state index contributed by atoms with van der Waals surface area (Å²) in [5, 5.41) is 3.84. The zero-order valence-electron chi connectivity index (χ0n) is 20.4. The van der Waals surface area contributed by atoms with E-state index < -0.39 is 0 Å². The van der Waals surface area contributed by atoms with Crippen molar-refractivity contribution in [3.63, 3.8) is 0 Å². The predicted octanol–water partition coefficient (Wildman–Crippen LogP) is 4.69. The van der Waals surface area contributed by atoms with E-state index in [4.69, 9.17) is 4.98 Å². The molecular weight excluding hydrogens is 444 g/mol. The van der Waals surface area contributed by atoms with E-state index in [1.54, 1.807) is 15.9 Å². The van der Waals surface area contributed by atoms with Crippen LogP contribution >= 0.6 is 11.3 Å². The maximum absolute atomic E-state index is 13.8. The molecule has 180 valence electrons. The molecule has 2 aliphatic rings. The third kappa shape index (κ3) is 4.43. The molecule has 0 radical (unpaired) electrons. The van der Waals surface area contributed by atoms with E-state index in [1.807, 2.05) is 25.1 Å². The number of anilines is 1. The Balaban J connectivity index is 1.50. The number of thiophene rings is 1. The van der Waals surface area contributed by atoms with Gasteiger partial charge >= 0.3 is 0 Å². The number of hydrogen-bond donors (Lipinski definition) is 1. The van der Waals surface area contributed by atoms with Crippen molar-refractivity contribution in [3.05, 3.63) is 55.9 Å². The number of carbonyl (C=O) groups excluding carboxylic acids is 1. The quantitative estimate of drug-likeness (QED) is 0.558. The molecule has 0 unspecified atom stereocenters. The van der Waals surface area contributed by atoms with Crippen molar-refractivity contribution in [2.45, 2.75) is 72.4 Å². The average molecular weight is 479 g/mol. The molecular formula is C27H34N4O2S. The Morgan fingerprint density at radius 1 is 1.24 bits per heavy atom. The Labute approximate surface area is 205 Å². The topological polar surface area (TPSA) is 67.2 Å². The summed E-state index contributed by atoms with van der Waals surface area (Å²) in [6.45, 7) is 9.00. The van der Waals surface area contributed by atoms with E-state index in [0.29, 0.717) is 12.4 Å². The van der Waals surface area contributed by atoms with Gasteiger partial charge in [0.15, 0.2) is 0 Å². The summed E-state index contributed by atoms with van der Waals surface area (Å²) < 4.78 is 1.64.